The van der Waals surface area contributed by atoms with Crippen molar-refractivity contribution in [1.29, 1.82) is 0 Å². The molecule has 4 heteroatoms. The van der Waals surface area contributed by atoms with Gasteiger partial charge < -0.3 is 0 Å². The van der Waals surface area contributed by atoms with Crippen LogP contribution in [0.1, 0.15) is 20.3 Å². The summed E-state index contributed by atoms with van der Waals surface area (Å²) in [7, 11) is -3.11. The molecule has 0 fully saturated rings. The van der Waals surface area contributed by atoms with Crippen LogP contribution in [0, 0.1) is 0 Å². The predicted octanol–water partition coefficient (Wildman–Crippen LogP) is 0.890. The Morgan fingerprint density at radius 3 is 2.55 bits per heavy atom. The molecule has 0 aliphatic rings. The van der Waals surface area contributed by atoms with Gasteiger partial charge in [-0.3, -0.25) is 0 Å². The molecule has 11 heavy (non-hydrogen) atoms. The molecule has 66 valence electrons. The minimum atomic E-state index is -3.11. The Morgan fingerprint density at radius 2 is 2.18 bits per heavy atom. The van der Waals surface area contributed by atoms with Gasteiger partial charge in [0.2, 0.25) is 10.0 Å². The molecule has 0 saturated heterocycles. The average molecular weight is 177 g/mol. The van der Waals surface area contributed by atoms with Crippen molar-refractivity contribution in [1.82, 2.24) is 4.72 Å². The van der Waals surface area contributed by atoms with E-state index < -0.39 is 10.0 Å². The Kier molecular flexibility index (Phi) is 4.37. The molecule has 0 bridgehead atoms. The van der Waals surface area contributed by atoms with Crippen LogP contribution in [-0.2, 0) is 10.0 Å². The van der Waals surface area contributed by atoms with Gasteiger partial charge in [-0.2, -0.15) is 0 Å². The molecule has 0 aromatic carbocycles. The number of sulfonamides is 1. The van der Waals surface area contributed by atoms with E-state index in [0.29, 0.717) is 0 Å². The summed E-state index contributed by atoms with van der Waals surface area (Å²) in [6.07, 6.45) is 2.18. The van der Waals surface area contributed by atoms with Crippen molar-refractivity contribution in [2.75, 3.05) is 5.75 Å². The van der Waals surface area contributed by atoms with Crippen LogP contribution < -0.4 is 4.72 Å². The van der Waals surface area contributed by atoms with Gasteiger partial charge in [-0.15, -0.1) is 6.58 Å². The Morgan fingerprint density at radius 1 is 1.64 bits per heavy atom. The van der Waals surface area contributed by atoms with Crippen molar-refractivity contribution in [3.8, 4) is 0 Å². The molecule has 0 saturated carbocycles. The van der Waals surface area contributed by atoms with Gasteiger partial charge >= 0.3 is 0 Å². The first-order valence-corrected chi connectivity index (χ1v) is 5.28. The van der Waals surface area contributed by atoms with E-state index in [0.717, 1.165) is 6.42 Å². The van der Waals surface area contributed by atoms with E-state index in [1.54, 1.807) is 0 Å². The molecule has 1 atom stereocenters. The highest BCUT2D eigenvalue weighted by molar-refractivity contribution is 7.89. The SMILES string of the molecule is C=CCS(=O)(=O)NC(C)CC. The van der Waals surface area contributed by atoms with Crippen molar-refractivity contribution in [3.63, 3.8) is 0 Å². The number of nitrogens with one attached hydrogen (secondary N) is 1. The van der Waals surface area contributed by atoms with Crippen LogP contribution in [0.2, 0.25) is 0 Å². The van der Waals surface area contributed by atoms with Crippen LogP contribution in [-0.4, -0.2) is 20.2 Å². The highest BCUT2D eigenvalue weighted by Gasteiger charge is 2.09. The largest absolute Gasteiger partial charge is 0.215 e. The molecule has 0 spiro atoms. The molecule has 0 heterocycles. The molecular weight excluding hydrogens is 162 g/mol. The van der Waals surface area contributed by atoms with Gasteiger partial charge in [0.15, 0.2) is 0 Å². The highest BCUT2D eigenvalue weighted by Crippen LogP contribution is 1.93. The molecule has 0 aromatic heterocycles. The summed E-state index contributed by atoms with van der Waals surface area (Å²) in [5.41, 5.74) is 0. The number of hydrogen-bond donors (Lipinski definition) is 1. The van der Waals surface area contributed by atoms with Crippen molar-refractivity contribution in [2.45, 2.75) is 26.3 Å². The fraction of sp³-hybridized carbons (Fsp3) is 0.714. The Balaban J connectivity index is 4.02. The van der Waals surface area contributed by atoms with Crippen molar-refractivity contribution >= 4 is 10.0 Å². The summed E-state index contributed by atoms with van der Waals surface area (Å²) in [5, 5.41) is 0. The van der Waals surface area contributed by atoms with Crippen molar-refractivity contribution < 1.29 is 8.42 Å². The van der Waals surface area contributed by atoms with Gasteiger partial charge in [0.1, 0.15) is 0 Å². The van der Waals surface area contributed by atoms with E-state index >= 15 is 0 Å². The van der Waals surface area contributed by atoms with E-state index in [9.17, 15) is 8.42 Å². The van der Waals surface area contributed by atoms with Crippen LogP contribution in [0.25, 0.3) is 0 Å². The van der Waals surface area contributed by atoms with E-state index in [1.165, 1.54) is 6.08 Å². The first-order valence-electron chi connectivity index (χ1n) is 3.62. The average Bonchev–Trinajstić information content (AvgIpc) is 1.86. The first-order chi connectivity index (χ1) is 5.02. The lowest BCUT2D eigenvalue weighted by Crippen LogP contribution is -2.33. The molecule has 0 radical (unpaired) electrons. The van der Waals surface area contributed by atoms with E-state index in [1.807, 2.05) is 13.8 Å². The topological polar surface area (TPSA) is 46.2 Å². The third-order valence-corrected chi connectivity index (χ3v) is 2.77. The molecule has 1 unspecified atom stereocenters. The van der Waals surface area contributed by atoms with E-state index in [4.69, 9.17) is 0 Å². The molecule has 0 amide bonds. The number of hydrogen-bond acceptors (Lipinski definition) is 2. The standard InChI is InChI=1S/C7H15NO2S/c1-4-6-11(9,10)8-7(3)5-2/h4,7-8H,1,5-6H2,2-3H3. The lowest BCUT2D eigenvalue weighted by Gasteiger charge is -2.09. The van der Waals surface area contributed by atoms with Gasteiger partial charge in [0.05, 0.1) is 5.75 Å². The van der Waals surface area contributed by atoms with Crippen LogP contribution in [0.3, 0.4) is 0 Å². The van der Waals surface area contributed by atoms with E-state index in [-0.39, 0.29) is 11.8 Å². The van der Waals surface area contributed by atoms with Gasteiger partial charge in [-0.1, -0.05) is 13.0 Å². The normalized spacial score (nSPS) is 14.4. The maximum absolute atomic E-state index is 11.0. The summed E-state index contributed by atoms with van der Waals surface area (Å²) in [4.78, 5) is 0. The second kappa shape index (κ2) is 4.51. The fourth-order valence-corrected chi connectivity index (χ4v) is 1.78. The van der Waals surface area contributed by atoms with E-state index in [2.05, 4.69) is 11.3 Å². The summed E-state index contributed by atoms with van der Waals surface area (Å²) in [6.45, 7) is 7.13. The molecule has 0 aliphatic heterocycles. The van der Waals surface area contributed by atoms with Crippen LogP contribution >= 0.6 is 0 Å². The second-order valence-electron chi connectivity index (χ2n) is 2.50. The molecule has 0 aromatic rings. The van der Waals surface area contributed by atoms with Crippen molar-refractivity contribution in [2.24, 2.45) is 0 Å². The van der Waals surface area contributed by atoms with Crippen LogP contribution in [0.15, 0.2) is 12.7 Å². The van der Waals surface area contributed by atoms with Gasteiger partial charge in [-0.05, 0) is 13.3 Å². The predicted molar refractivity (Wildman–Crippen MR) is 46.9 cm³/mol. The van der Waals surface area contributed by atoms with Crippen LogP contribution in [0.4, 0.5) is 0 Å². The molecule has 3 nitrogen and oxygen atoms in total. The number of rotatable bonds is 5. The minimum absolute atomic E-state index is 0.00264. The molecule has 0 rings (SSSR count). The van der Waals surface area contributed by atoms with Gasteiger partial charge in [0.25, 0.3) is 0 Å². The molecule has 0 aliphatic carbocycles. The maximum Gasteiger partial charge on any atom is 0.215 e. The molecule has 1 N–H and O–H groups in total. The fourth-order valence-electron chi connectivity index (χ4n) is 0.593. The summed E-state index contributed by atoms with van der Waals surface area (Å²) in [6, 6.07) is 0.0138. The first kappa shape index (κ1) is 10.7. The lowest BCUT2D eigenvalue weighted by molar-refractivity contribution is 0.559. The summed E-state index contributed by atoms with van der Waals surface area (Å²) >= 11 is 0. The highest BCUT2D eigenvalue weighted by atomic mass is 32.2. The summed E-state index contributed by atoms with van der Waals surface area (Å²) in [5.74, 6) is -0.00264. The van der Waals surface area contributed by atoms with Crippen molar-refractivity contribution in [3.05, 3.63) is 12.7 Å². The Hall–Kier alpha value is -0.350. The quantitative estimate of drug-likeness (QED) is 0.634. The Bertz CT molecular complexity index is 208. The monoisotopic (exact) mass is 177 g/mol. The van der Waals surface area contributed by atoms with Crippen LogP contribution in [0.5, 0.6) is 0 Å². The third-order valence-electron chi connectivity index (χ3n) is 1.33. The zero-order valence-electron chi connectivity index (χ0n) is 7.00. The van der Waals surface area contributed by atoms with Gasteiger partial charge in [-0.25, -0.2) is 13.1 Å². The smallest absolute Gasteiger partial charge is 0.212 e. The zero-order chi connectivity index (χ0) is 8.91. The third kappa shape index (κ3) is 4.98. The maximum atomic E-state index is 11.0. The summed E-state index contributed by atoms with van der Waals surface area (Å²) < 4.78 is 24.5. The minimum Gasteiger partial charge on any atom is -0.212 e. The second-order valence-corrected chi connectivity index (χ2v) is 4.30. The lowest BCUT2D eigenvalue weighted by atomic mass is 10.3. The molecular formula is C7H15NO2S. The zero-order valence-corrected chi connectivity index (χ0v) is 7.82. The van der Waals surface area contributed by atoms with Gasteiger partial charge in [0, 0.05) is 6.04 Å². The Labute approximate surface area is 68.5 Å².